The van der Waals surface area contributed by atoms with Crippen molar-refractivity contribution in [2.24, 2.45) is 5.92 Å². The highest BCUT2D eigenvalue weighted by molar-refractivity contribution is 5.86. The molecule has 2 aromatic rings. The Hall–Kier alpha value is -3.70. The fourth-order valence-corrected chi connectivity index (χ4v) is 5.13. The summed E-state index contributed by atoms with van der Waals surface area (Å²) in [5.41, 5.74) is -2.34. The molecule has 39 heavy (non-hydrogen) atoms. The van der Waals surface area contributed by atoms with Crippen LogP contribution in [0.5, 0.6) is 5.75 Å². The van der Waals surface area contributed by atoms with Crippen molar-refractivity contribution in [2.45, 2.75) is 76.9 Å². The molecule has 1 aromatic carbocycles. The molecule has 3 N–H and O–H groups in total. The van der Waals surface area contributed by atoms with E-state index in [1.807, 2.05) is 0 Å². The number of carboxylic acid groups (broad SMARTS) is 1. The Balaban J connectivity index is 1.72. The first kappa shape index (κ1) is 28.3. The summed E-state index contributed by atoms with van der Waals surface area (Å²) in [4.78, 5) is 40.6. The van der Waals surface area contributed by atoms with Gasteiger partial charge in [-0.3, -0.25) is 4.90 Å². The average Bonchev–Trinajstić information content (AvgIpc) is 3.34. The molecule has 1 saturated carbocycles. The maximum atomic E-state index is 14.4. The van der Waals surface area contributed by atoms with Crippen LogP contribution in [0.25, 0.3) is 0 Å². The number of amides is 1. The number of nitrogens with one attached hydrogen (secondary N) is 2. The lowest BCUT2D eigenvalue weighted by Crippen LogP contribution is -2.53. The molecule has 0 radical (unpaired) electrons. The molecule has 2 fully saturated rings. The van der Waals surface area contributed by atoms with E-state index in [1.165, 1.54) is 30.6 Å². The lowest BCUT2D eigenvalue weighted by Gasteiger charge is -2.34. The molecule has 1 amide bonds. The molecule has 12 heteroatoms. The van der Waals surface area contributed by atoms with Gasteiger partial charge in [0.15, 0.2) is 17.4 Å². The first-order valence-corrected chi connectivity index (χ1v) is 13.4. The molecule has 1 atom stereocenters. The van der Waals surface area contributed by atoms with Crippen LogP contribution in [-0.2, 0) is 15.1 Å². The van der Waals surface area contributed by atoms with E-state index in [9.17, 15) is 19.1 Å². The number of aliphatic carboxylic acids is 1. The summed E-state index contributed by atoms with van der Waals surface area (Å²) in [7, 11) is 1.37. The zero-order chi connectivity index (χ0) is 28.2. The number of hydrogen-bond donors (Lipinski definition) is 3. The zero-order valence-corrected chi connectivity index (χ0v) is 22.9. The Labute approximate surface area is 227 Å². The number of anilines is 3. The van der Waals surface area contributed by atoms with E-state index in [1.54, 1.807) is 26.8 Å². The monoisotopic (exact) mass is 544 g/mol. The van der Waals surface area contributed by atoms with E-state index >= 15 is 0 Å². The van der Waals surface area contributed by atoms with Crippen LogP contribution >= 0.6 is 0 Å². The van der Waals surface area contributed by atoms with Crippen molar-refractivity contribution in [2.75, 3.05) is 30.8 Å². The van der Waals surface area contributed by atoms with E-state index in [-0.39, 0.29) is 36.4 Å². The quantitative estimate of drug-likeness (QED) is 0.413. The Morgan fingerprint density at radius 1 is 1.13 bits per heavy atom. The largest absolute Gasteiger partial charge is 0.494 e. The summed E-state index contributed by atoms with van der Waals surface area (Å²) < 4.78 is 24.9. The number of rotatable bonds is 8. The number of benzene rings is 1. The van der Waals surface area contributed by atoms with Crippen LogP contribution in [0.2, 0.25) is 0 Å². The number of hydrogen-bond acceptors (Lipinski definition) is 9. The van der Waals surface area contributed by atoms with Gasteiger partial charge in [0, 0.05) is 24.8 Å². The van der Waals surface area contributed by atoms with Crippen molar-refractivity contribution < 1.29 is 28.6 Å². The van der Waals surface area contributed by atoms with Gasteiger partial charge in [0.25, 0.3) is 0 Å². The van der Waals surface area contributed by atoms with Gasteiger partial charge in [0.05, 0.1) is 7.11 Å². The number of likely N-dealkylation sites (tertiary alicyclic amines) is 1. The predicted molar refractivity (Wildman–Crippen MR) is 143 cm³/mol. The predicted octanol–water partition coefficient (Wildman–Crippen LogP) is 5.07. The molecule has 0 bridgehead atoms. The summed E-state index contributed by atoms with van der Waals surface area (Å²) in [6.07, 6.45) is 5.50. The standard InChI is InChI=1S/C27H37FN6O5/c1-26(2,3)39-25(37)34-14-8-13-27(34,22(35)36)21-31-23(29-16-17-9-6-5-7-10-17)33-24(32-21)30-18-11-12-20(38-4)19(28)15-18/h11-12,15,17H,5-10,13-14,16H2,1-4H3,(H,35,36)(H2,29,30,31,32,33). The maximum absolute atomic E-state index is 14.4. The van der Waals surface area contributed by atoms with Crippen molar-refractivity contribution in [3.63, 3.8) is 0 Å². The second kappa shape index (κ2) is 11.6. The van der Waals surface area contributed by atoms with Crippen molar-refractivity contribution in [1.29, 1.82) is 0 Å². The smallest absolute Gasteiger partial charge is 0.411 e. The van der Waals surface area contributed by atoms with Gasteiger partial charge in [0.1, 0.15) is 5.60 Å². The highest BCUT2D eigenvalue weighted by atomic mass is 19.1. The van der Waals surface area contributed by atoms with Gasteiger partial charge < -0.3 is 25.2 Å². The summed E-state index contributed by atoms with van der Waals surface area (Å²) in [6, 6.07) is 4.28. The molecule has 1 aliphatic heterocycles. The average molecular weight is 545 g/mol. The van der Waals surface area contributed by atoms with Crippen LogP contribution in [0, 0.1) is 11.7 Å². The number of halogens is 1. The van der Waals surface area contributed by atoms with Gasteiger partial charge in [-0.05, 0) is 64.5 Å². The van der Waals surface area contributed by atoms with Crippen LogP contribution in [0.3, 0.4) is 0 Å². The molecule has 212 valence electrons. The summed E-state index contributed by atoms with van der Waals surface area (Å²) in [6.45, 7) is 5.95. The number of carbonyl (C=O) groups excluding carboxylic acids is 1. The fraction of sp³-hybridized carbons (Fsp3) is 0.593. The van der Waals surface area contributed by atoms with Crippen LogP contribution < -0.4 is 15.4 Å². The van der Waals surface area contributed by atoms with Crippen LogP contribution in [0.15, 0.2) is 18.2 Å². The first-order valence-electron chi connectivity index (χ1n) is 13.4. The van der Waals surface area contributed by atoms with E-state index in [4.69, 9.17) is 9.47 Å². The minimum absolute atomic E-state index is 0.0207. The van der Waals surface area contributed by atoms with Crippen LogP contribution in [0.1, 0.15) is 71.5 Å². The van der Waals surface area contributed by atoms with Gasteiger partial charge in [-0.25, -0.2) is 14.0 Å². The van der Waals surface area contributed by atoms with Gasteiger partial charge in [-0.1, -0.05) is 19.3 Å². The zero-order valence-electron chi connectivity index (χ0n) is 22.9. The lowest BCUT2D eigenvalue weighted by molar-refractivity contribution is -0.150. The van der Waals surface area contributed by atoms with E-state index in [2.05, 4.69) is 25.6 Å². The van der Waals surface area contributed by atoms with Gasteiger partial charge in [-0.15, -0.1) is 0 Å². The minimum Gasteiger partial charge on any atom is -0.494 e. The molecular weight excluding hydrogens is 507 g/mol. The molecule has 1 saturated heterocycles. The first-order chi connectivity index (χ1) is 18.5. The maximum Gasteiger partial charge on any atom is 0.411 e. The third kappa shape index (κ3) is 6.48. The van der Waals surface area contributed by atoms with Gasteiger partial charge >= 0.3 is 12.1 Å². The van der Waals surface area contributed by atoms with Crippen molar-refractivity contribution in [1.82, 2.24) is 19.9 Å². The van der Waals surface area contributed by atoms with Crippen molar-refractivity contribution in [3.8, 4) is 5.75 Å². The summed E-state index contributed by atoms with van der Waals surface area (Å²) in [5.74, 6) is -1.22. The summed E-state index contributed by atoms with van der Waals surface area (Å²) >= 11 is 0. The summed E-state index contributed by atoms with van der Waals surface area (Å²) in [5, 5.41) is 16.7. The Bertz CT molecular complexity index is 1200. The molecule has 2 aliphatic rings. The Morgan fingerprint density at radius 2 is 1.85 bits per heavy atom. The van der Waals surface area contributed by atoms with Gasteiger partial charge in [0.2, 0.25) is 17.4 Å². The van der Waals surface area contributed by atoms with E-state index in [0.717, 1.165) is 25.7 Å². The number of carbonyl (C=O) groups is 2. The number of nitrogens with zero attached hydrogens (tertiary/aromatic N) is 4. The molecule has 1 unspecified atom stereocenters. The second-order valence-electron chi connectivity index (χ2n) is 11.1. The lowest BCUT2D eigenvalue weighted by atomic mass is 9.89. The molecule has 1 aliphatic carbocycles. The fourth-order valence-electron chi connectivity index (χ4n) is 5.13. The molecule has 4 rings (SSSR count). The Kier molecular flexibility index (Phi) is 8.41. The van der Waals surface area contributed by atoms with Crippen LogP contribution in [0.4, 0.5) is 26.8 Å². The minimum atomic E-state index is -1.85. The van der Waals surface area contributed by atoms with Crippen LogP contribution in [-0.4, -0.2) is 62.8 Å². The SMILES string of the molecule is COc1ccc(Nc2nc(NCC3CCCCC3)nc(C3(C(=O)O)CCCN3C(=O)OC(C)(C)C)n2)cc1F. The molecule has 0 spiro atoms. The molecular formula is C27H37FN6O5. The molecule has 11 nitrogen and oxygen atoms in total. The second-order valence-corrected chi connectivity index (χ2v) is 11.1. The highest BCUT2D eigenvalue weighted by Gasteiger charge is 2.55. The van der Waals surface area contributed by atoms with Crippen molar-refractivity contribution >= 4 is 29.6 Å². The van der Waals surface area contributed by atoms with E-state index < -0.39 is 29.0 Å². The number of aromatic nitrogens is 3. The third-order valence-electron chi connectivity index (χ3n) is 7.04. The van der Waals surface area contributed by atoms with Crippen molar-refractivity contribution in [3.05, 3.63) is 29.8 Å². The molecule has 2 heterocycles. The highest BCUT2D eigenvalue weighted by Crippen LogP contribution is 2.39. The number of ether oxygens (including phenoxy) is 2. The topological polar surface area (TPSA) is 139 Å². The third-order valence-corrected chi connectivity index (χ3v) is 7.04. The number of carboxylic acids is 1. The number of methoxy groups -OCH3 is 1. The van der Waals surface area contributed by atoms with Gasteiger partial charge in [-0.2, -0.15) is 15.0 Å². The molecule has 1 aromatic heterocycles. The normalized spacial score (nSPS) is 20.0. The van der Waals surface area contributed by atoms with E-state index in [0.29, 0.717) is 24.6 Å². The Morgan fingerprint density at radius 3 is 2.49 bits per heavy atom.